The average molecular weight is 176 g/mol. The summed E-state index contributed by atoms with van der Waals surface area (Å²) in [6, 6.07) is 0. The highest BCUT2D eigenvalue weighted by atomic mass is 15.3. The first-order valence-electron chi connectivity index (χ1n) is 4.31. The Kier molecular flexibility index (Phi) is 1.69. The summed E-state index contributed by atoms with van der Waals surface area (Å²) in [7, 11) is 0. The molecule has 0 spiro atoms. The predicted molar refractivity (Wildman–Crippen MR) is 51.5 cm³/mol. The molecule has 0 aliphatic heterocycles. The van der Waals surface area contributed by atoms with E-state index in [1.807, 2.05) is 20.0 Å². The van der Waals surface area contributed by atoms with Crippen molar-refractivity contribution in [1.82, 2.24) is 14.6 Å². The number of nitrogens with two attached hydrogens (primary N) is 1. The van der Waals surface area contributed by atoms with Crippen LogP contribution in [0.4, 0.5) is 5.69 Å². The van der Waals surface area contributed by atoms with Crippen LogP contribution in [0.25, 0.3) is 5.65 Å². The van der Waals surface area contributed by atoms with Gasteiger partial charge in [-0.15, -0.1) is 0 Å². The van der Waals surface area contributed by atoms with Crippen LogP contribution in [-0.4, -0.2) is 14.6 Å². The maximum atomic E-state index is 5.85. The minimum absolute atomic E-state index is 0.697. The SMILES string of the molecule is CCc1nn2cc(C)cnc2c1N. The summed E-state index contributed by atoms with van der Waals surface area (Å²) >= 11 is 0. The quantitative estimate of drug-likeness (QED) is 0.709. The lowest BCUT2D eigenvalue weighted by atomic mass is 10.3. The molecule has 13 heavy (non-hydrogen) atoms. The van der Waals surface area contributed by atoms with E-state index in [2.05, 4.69) is 10.1 Å². The molecule has 4 nitrogen and oxygen atoms in total. The van der Waals surface area contributed by atoms with E-state index in [-0.39, 0.29) is 0 Å². The molecule has 0 aliphatic rings. The standard InChI is InChI=1S/C9H12N4/c1-3-7-8(10)9-11-4-6(2)5-13(9)12-7/h4-5H,3,10H2,1-2H3. The van der Waals surface area contributed by atoms with Crippen LogP contribution in [0.2, 0.25) is 0 Å². The van der Waals surface area contributed by atoms with Crippen LogP contribution in [0.1, 0.15) is 18.2 Å². The molecule has 4 heteroatoms. The van der Waals surface area contributed by atoms with Gasteiger partial charge in [-0.25, -0.2) is 9.50 Å². The summed E-state index contributed by atoms with van der Waals surface area (Å²) in [5, 5.41) is 4.32. The lowest BCUT2D eigenvalue weighted by molar-refractivity contribution is 0.880. The van der Waals surface area contributed by atoms with E-state index in [4.69, 9.17) is 5.73 Å². The molecule has 2 rings (SSSR count). The fraction of sp³-hybridized carbons (Fsp3) is 0.333. The van der Waals surface area contributed by atoms with Crippen molar-refractivity contribution in [3.63, 3.8) is 0 Å². The summed E-state index contributed by atoms with van der Waals surface area (Å²) in [6.07, 6.45) is 4.57. The van der Waals surface area contributed by atoms with Crippen LogP contribution < -0.4 is 5.73 Å². The van der Waals surface area contributed by atoms with Gasteiger partial charge in [0.05, 0.1) is 5.69 Å². The molecule has 0 saturated heterocycles. The summed E-state index contributed by atoms with van der Waals surface area (Å²) in [4.78, 5) is 4.22. The van der Waals surface area contributed by atoms with E-state index >= 15 is 0 Å². The molecule has 0 saturated carbocycles. The number of nitrogens with zero attached hydrogens (tertiary/aromatic N) is 3. The van der Waals surface area contributed by atoms with Gasteiger partial charge in [0.25, 0.3) is 0 Å². The molecule has 0 bridgehead atoms. The van der Waals surface area contributed by atoms with Crippen molar-refractivity contribution in [3.8, 4) is 0 Å². The number of aryl methyl sites for hydroxylation is 2. The molecular formula is C9H12N4. The van der Waals surface area contributed by atoms with Crippen LogP contribution in [0.15, 0.2) is 12.4 Å². The maximum Gasteiger partial charge on any atom is 0.178 e. The van der Waals surface area contributed by atoms with Gasteiger partial charge in [-0.3, -0.25) is 0 Å². The topological polar surface area (TPSA) is 56.2 Å². The highest BCUT2D eigenvalue weighted by Crippen LogP contribution is 2.16. The zero-order valence-electron chi connectivity index (χ0n) is 7.78. The third-order valence-corrected chi connectivity index (χ3v) is 2.05. The van der Waals surface area contributed by atoms with Gasteiger partial charge in [-0.2, -0.15) is 5.10 Å². The third kappa shape index (κ3) is 1.14. The molecule has 0 atom stereocenters. The van der Waals surface area contributed by atoms with Crippen molar-refractivity contribution in [2.45, 2.75) is 20.3 Å². The van der Waals surface area contributed by atoms with Crippen LogP contribution in [0, 0.1) is 6.92 Å². The van der Waals surface area contributed by atoms with Gasteiger partial charge in [0.15, 0.2) is 5.65 Å². The predicted octanol–water partition coefficient (Wildman–Crippen LogP) is 1.18. The molecule has 2 aromatic heterocycles. The zero-order valence-corrected chi connectivity index (χ0v) is 7.78. The molecule has 0 unspecified atom stereocenters. The smallest absolute Gasteiger partial charge is 0.178 e. The van der Waals surface area contributed by atoms with Gasteiger partial charge in [0.2, 0.25) is 0 Å². The second-order valence-electron chi connectivity index (χ2n) is 3.11. The largest absolute Gasteiger partial charge is 0.394 e. The molecule has 0 amide bonds. The summed E-state index contributed by atoms with van der Waals surface area (Å²) < 4.78 is 1.74. The molecule has 0 fully saturated rings. The molecule has 2 heterocycles. The van der Waals surface area contributed by atoms with Gasteiger partial charge in [-0.1, -0.05) is 6.92 Å². The summed E-state index contributed by atoms with van der Waals surface area (Å²) in [5.41, 5.74) is 9.30. The number of hydrogen-bond acceptors (Lipinski definition) is 3. The Balaban J connectivity index is 2.76. The van der Waals surface area contributed by atoms with Crippen molar-refractivity contribution in [1.29, 1.82) is 0 Å². The Morgan fingerprint density at radius 3 is 3.00 bits per heavy atom. The lowest BCUT2D eigenvalue weighted by Crippen LogP contribution is -1.92. The molecular weight excluding hydrogens is 164 g/mol. The number of hydrogen-bond donors (Lipinski definition) is 1. The van der Waals surface area contributed by atoms with Gasteiger partial charge in [-0.05, 0) is 18.9 Å². The second kappa shape index (κ2) is 2.73. The number of fused-ring (bicyclic) bond motifs is 1. The van der Waals surface area contributed by atoms with E-state index < -0.39 is 0 Å². The van der Waals surface area contributed by atoms with Crippen LogP contribution >= 0.6 is 0 Å². The highest BCUT2D eigenvalue weighted by Gasteiger charge is 2.07. The Bertz CT molecular complexity index is 444. The number of anilines is 1. The van der Waals surface area contributed by atoms with Crippen molar-refractivity contribution in [2.24, 2.45) is 0 Å². The fourth-order valence-corrected chi connectivity index (χ4v) is 1.35. The molecule has 2 aromatic rings. The normalized spacial score (nSPS) is 10.9. The van der Waals surface area contributed by atoms with Crippen molar-refractivity contribution in [3.05, 3.63) is 23.7 Å². The molecule has 2 N–H and O–H groups in total. The number of rotatable bonds is 1. The molecule has 0 radical (unpaired) electrons. The highest BCUT2D eigenvalue weighted by molar-refractivity contribution is 5.67. The Hall–Kier alpha value is -1.58. The monoisotopic (exact) mass is 176 g/mol. The summed E-state index contributed by atoms with van der Waals surface area (Å²) in [5.74, 6) is 0. The van der Waals surface area contributed by atoms with Crippen molar-refractivity contribution >= 4 is 11.3 Å². The van der Waals surface area contributed by atoms with Gasteiger partial charge in [0.1, 0.15) is 5.69 Å². The molecule has 0 aliphatic carbocycles. The Labute approximate surface area is 76.4 Å². The first-order valence-corrected chi connectivity index (χ1v) is 4.31. The summed E-state index contributed by atoms with van der Waals surface area (Å²) in [6.45, 7) is 4.01. The van der Waals surface area contributed by atoms with Gasteiger partial charge >= 0.3 is 0 Å². The van der Waals surface area contributed by atoms with Crippen LogP contribution in [0.5, 0.6) is 0 Å². The molecule has 68 valence electrons. The minimum atomic E-state index is 0.697. The first kappa shape index (κ1) is 8.04. The van der Waals surface area contributed by atoms with E-state index in [9.17, 15) is 0 Å². The number of aromatic nitrogens is 3. The Morgan fingerprint density at radius 1 is 1.54 bits per heavy atom. The molecule has 0 aromatic carbocycles. The van der Waals surface area contributed by atoms with E-state index in [0.29, 0.717) is 5.69 Å². The lowest BCUT2D eigenvalue weighted by Gasteiger charge is -1.93. The van der Waals surface area contributed by atoms with E-state index in [1.54, 1.807) is 10.7 Å². The van der Waals surface area contributed by atoms with Crippen LogP contribution in [-0.2, 0) is 6.42 Å². The van der Waals surface area contributed by atoms with Crippen molar-refractivity contribution in [2.75, 3.05) is 5.73 Å². The maximum absolute atomic E-state index is 5.85. The number of nitrogen functional groups attached to an aromatic ring is 1. The van der Waals surface area contributed by atoms with E-state index in [1.165, 1.54) is 0 Å². The van der Waals surface area contributed by atoms with E-state index in [0.717, 1.165) is 23.3 Å². The fourth-order valence-electron chi connectivity index (χ4n) is 1.35. The zero-order chi connectivity index (χ0) is 9.42. The van der Waals surface area contributed by atoms with Crippen LogP contribution in [0.3, 0.4) is 0 Å². The van der Waals surface area contributed by atoms with Gasteiger partial charge < -0.3 is 5.73 Å². The minimum Gasteiger partial charge on any atom is -0.394 e. The van der Waals surface area contributed by atoms with Crippen molar-refractivity contribution < 1.29 is 0 Å². The average Bonchev–Trinajstić information content (AvgIpc) is 2.42. The first-order chi connectivity index (χ1) is 6.22. The second-order valence-corrected chi connectivity index (χ2v) is 3.11. The van der Waals surface area contributed by atoms with Gasteiger partial charge in [0, 0.05) is 12.4 Å². The Morgan fingerprint density at radius 2 is 2.31 bits per heavy atom. The third-order valence-electron chi connectivity index (χ3n) is 2.05.